The van der Waals surface area contributed by atoms with Crippen LogP contribution < -0.4 is 5.32 Å². The van der Waals surface area contributed by atoms with E-state index in [4.69, 9.17) is 0 Å². The number of aliphatic hydroxyl groups is 1. The molecule has 2 aliphatic rings. The molecule has 4 rings (SSSR count). The Labute approximate surface area is 148 Å². The lowest BCUT2D eigenvalue weighted by molar-refractivity contribution is -0.120. The van der Waals surface area contributed by atoms with Crippen LogP contribution in [0.15, 0.2) is 36.8 Å². The Kier molecular flexibility index (Phi) is 4.34. The lowest BCUT2D eigenvalue weighted by atomic mass is 9.78. The topological polar surface area (TPSA) is 67.2 Å². The first kappa shape index (κ1) is 16.3. The fraction of sp³-hybridized carbons (Fsp3) is 0.500. The SMILES string of the molecule is CC(=O)NC1CCCCC1C(O)CC1c2ccccc2-c2cncn21. The Balaban J connectivity index is 1.56. The van der Waals surface area contributed by atoms with Gasteiger partial charge in [-0.15, -0.1) is 0 Å². The van der Waals surface area contributed by atoms with Crippen molar-refractivity contribution >= 4 is 5.91 Å². The van der Waals surface area contributed by atoms with Crippen LogP contribution in [0, 0.1) is 5.92 Å². The van der Waals surface area contributed by atoms with E-state index in [0.29, 0.717) is 6.42 Å². The Morgan fingerprint density at radius 3 is 3.00 bits per heavy atom. The van der Waals surface area contributed by atoms with Crippen molar-refractivity contribution in [1.29, 1.82) is 0 Å². The number of nitrogens with one attached hydrogen (secondary N) is 1. The number of amides is 1. The van der Waals surface area contributed by atoms with Gasteiger partial charge in [0.05, 0.1) is 30.4 Å². The number of fused-ring (bicyclic) bond motifs is 3. The number of nitrogens with zero attached hydrogens (tertiary/aromatic N) is 2. The monoisotopic (exact) mass is 339 g/mol. The van der Waals surface area contributed by atoms with Crippen molar-refractivity contribution in [2.45, 2.75) is 57.2 Å². The molecule has 2 heterocycles. The minimum Gasteiger partial charge on any atom is -0.393 e. The number of rotatable bonds is 4. The molecule has 1 saturated carbocycles. The van der Waals surface area contributed by atoms with E-state index in [2.05, 4.69) is 33.1 Å². The van der Waals surface area contributed by atoms with Crippen LogP contribution in [0.4, 0.5) is 0 Å². The molecular formula is C20H25N3O2. The fourth-order valence-electron chi connectivity index (χ4n) is 4.64. The van der Waals surface area contributed by atoms with Crippen molar-refractivity contribution in [3.05, 3.63) is 42.4 Å². The number of aliphatic hydroxyl groups excluding tert-OH is 1. The molecular weight excluding hydrogens is 314 g/mol. The first-order valence-corrected chi connectivity index (χ1v) is 9.21. The number of hydrogen-bond acceptors (Lipinski definition) is 3. The summed E-state index contributed by atoms with van der Waals surface area (Å²) in [5.74, 6) is 0.115. The summed E-state index contributed by atoms with van der Waals surface area (Å²) >= 11 is 0. The van der Waals surface area contributed by atoms with Gasteiger partial charge in [-0.1, -0.05) is 37.1 Å². The zero-order valence-electron chi connectivity index (χ0n) is 14.6. The molecule has 25 heavy (non-hydrogen) atoms. The molecule has 2 N–H and O–H groups in total. The van der Waals surface area contributed by atoms with E-state index < -0.39 is 6.10 Å². The van der Waals surface area contributed by atoms with Crippen LogP contribution in [-0.4, -0.2) is 32.7 Å². The maximum Gasteiger partial charge on any atom is 0.217 e. The van der Waals surface area contributed by atoms with Gasteiger partial charge in [-0.25, -0.2) is 4.98 Å². The third kappa shape index (κ3) is 2.97. The standard InChI is InChI=1S/C20H25N3O2/c1-13(24)22-17-9-5-4-8-16(17)20(25)10-18-14-6-2-3-7-15(14)19-11-21-12-23(18)19/h2-3,6-7,11-12,16-18,20,25H,4-5,8-10H2,1H3,(H,22,24). The zero-order chi connectivity index (χ0) is 17.4. The van der Waals surface area contributed by atoms with Crippen LogP contribution in [0.5, 0.6) is 0 Å². The molecule has 2 aromatic rings. The second kappa shape index (κ2) is 6.64. The van der Waals surface area contributed by atoms with E-state index in [1.54, 1.807) is 6.92 Å². The molecule has 4 atom stereocenters. The van der Waals surface area contributed by atoms with Crippen LogP contribution in [0.25, 0.3) is 11.3 Å². The normalized spacial score (nSPS) is 25.9. The molecule has 0 radical (unpaired) electrons. The average molecular weight is 339 g/mol. The number of hydrogen-bond donors (Lipinski definition) is 2. The summed E-state index contributed by atoms with van der Waals surface area (Å²) < 4.78 is 2.17. The van der Waals surface area contributed by atoms with Gasteiger partial charge in [-0.2, -0.15) is 0 Å². The van der Waals surface area contributed by atoms with Gasteiger partial charge in [0.25, 0.3) is 0 Å². The zero-order valence-corrected chi connectivity index (χ0v) is 14.6. The molecule has 1 amide bonds. The molecule has 5 nitrogen and oxygen atoms in total. The lowest BCUT2D eigenvalue weighted by Crippen LogP contribution is -2.46. The van der Waals surface area contributed by atoms with E-state index in [-0.39, 0.29) is 23.9 Å². The summed E-state index contributed by atoms with van der Waals surface area (Å²) in [6.07, 6.45) is 8.13. The smallest absolute Gasteiger partial charge is 0.217 e. The van der Waals surface area contributed by atoms with Gasteiger partial charge < -0.3 is 15.0 Å². The second-order valence-electron chi connectivity index (χ2n) is 7.35. The van der Waals surface area contributed by atoms with Crippen molar-refractivity contribution in [2.24, 2.45) is 5.92 Å². The molecule has 1 aromatic carbocycles. The Bertz CT molecular complexity index is 770. The van der Waals surface area contributed by atoms with Gasteiger partial charge in [0.2, 0.25) is 5.91 Å². The molecule has 0 saturated heterocycles. The molecule has 1 fully saturated rings. The second-order valence-corrected chi connectivity index (χ2v) is 7.35. The van der Waals surface area contributed by atoms with Crippen LogP contribution in [0.1, 0.15) is 50.6 Å². The third-order valence-corrected chi connectivity index (χ3v) is 5.76. The predicted molar refractivity (Wildman–Crippen MR) is 96.0 cm³/mol. The summed E-state index contributed by atoms with van der Waals surface area (Å²) in [6.45, 7) is 1.56. The van der Waals surface area contributed by atoms with Crippen LogP contribution >= 0.6 is 0 Å². The largest absolute Gasteiger partial charge is 0.393 e. The Morgan fingerprint density at radius 2 is 2.16 bits per heavy atom. The maximum atomic E-state index is 11.5. The van der Waals surface area contributed by atoms with Gasteiger partial charge in [0.15, 0.2) is 0 Å². The van der Waals surface area contributed by atoms with Gasteiger partial charge in [-0.3, -0.25) is 4.79 Å². The van der Waals surface area contributed by atoms with Gasteiger partial charge in [0.1, 0.15) is 0 Å². The first-order valence-electron chi connectivity index (χ1n) is 9.21. The summed E-state index contributed by atoms with van der Waals surface area (Å²) in [5, 5.41) is 14.1. The van der Waals surface area contributed by atoms with Crippen LogP contribution in [0.2, 0.25) is 0 Å². The predicted octanol–water partition coefficient (Wildman–Crippen LogP) is 2.90. The lowest BCUT2D eigenvalue weighted by Gasteiger charge is -2.36. The fourth-order valence-corrected chi connectivity index (χ4v) is 4.64. The van der Waals surface area contributed by atoms with Gasteiger partial charge >= 0.3 is 0 Å². The Morgan fingerprint density at radius 1 is 1.36 bits per heavy atom. The number of carbonyl (C=O) groups is 1. The molecule has 1 aliphatic heterocycles. The summed E-state index contributed by atoms with van der Waals surface area (Å²) in [5.41, 5.74) is 3.58. The van der Waals surface area contributed by atoms with Crippen molar-refractivity contribution in [1.82, 2.24) is 14.9 Å². The van der Waals surface area contributed by atoms with E-state index in [1.165, 1.54) is 11.1 Å². The molecule has 4 unspecified atom stereocenters. The van der Waals surface area contributed by atoms with Crippen molar-refractivity contribution in [3.63, 3.8) is 0 Å². The van der Waals surface area contributed by atoms with E-state index in [1.807, 2.05) is 18.6 Å². The minimum atomic E-state index is -0.441. The minimum absolute atomic E-state index is 0.00721. The molecule has 0 bridgehead atoms. The number of imidazole rings is 1. The van der Waals surface area contributed by atoms with Gasteiger partial charge in [0, 0.05) is 24.4 Å². The number of carbonyl (C=O) groups excluding carboxylic acids is 1. The number of aromatic nitrogens is 2. The number of benzene rings is 1. The van der Waals surface area contributed by atoms with Crippen molar-refractivity contribution in [2.75, 3.05) is 0 Å². The highest BCUT2D eigenvalue weighted by molar-refractivity contribution is 5.73. The molecule has 1 aromatic heterocycles. The van der Waals surface area contributed by atoms with Crippen LogP contribution in [-0.2, 0) is 4.79 Å². The van der Waals surface area contributed by atoms with Gasteiger partial charge in [-0.05, 0) is 24.8 Å². The molecule has 1 aliphatic carbocycles. The average Bonchev–Trinajstić information content (AvgIpc) is 3.18. The summed E-state index contributed by atoms with van der Waals surface area (Å²) in [4.78, 5) is 15.8. The highest BCUT2D eigenvalue weighted by Gasteiger charge is 2.36. The first-order chi connectivity index (χ1) is 12.1. The highest BCUT2D eigenvalue weighted by Crippen LogP contribution is 2.42. The molecule has 0 spiro atoms. The third-order valence-electron chi connectivity index (χ3n) is 5.76. The van der Waals surface area contributed by atoms with Crippen molar-refractivity contribution < 1.29 is 9.90 Å². The highest BCUT2D eigenvalue weighted by atomic mass is 16.3. The Hall–Kier alpha value is -2.14. The molecule has 132 valence electrons. The van der Waals surface area contributed by atoms with E-state index in [0.717, 1.165) is 31.4 Å². The maximum absolute atomic E-state index is 11.5. The summed E-state index contributed by atoms with van der Waals surface area (Å²) in [6, 6.07) is 8.56. The summed E-state index contributed by atoms with van der Waals surface area (Å²) in [7, 11) is 0. The van der Waals surface area contributed by atoms with Crippen molar-refractivity contribution in [3.8, 4) is 11.3 Å². The van der Waals surface area contributed by atoms with E-state index >= 15 is 0 Å². The quantitative estimate of drug-likeness (QED) is 0.900. The van der Waals surface area contributed by atoms with E-state index in [9.17, 15) is 9.90 Å². The van der Waals surface area contributed by atoms with Crippen LogP contribution in [0.3, 0.4) is 0 Å². The molecule has 5 heteroatoms.